The number of hydrogen-bond donors (Lipinski definition) is 0. The number of ketones is 1. The minimum Gasteiger partial charge on any atom is -0.496 e. The highest BCUT2D eigenvalue weighted by Crippen LogP contribution is 2.37. The summed E-state index contributed by atoms with van der Waals surface area (Å²) >= 11 is 0. The number of rotatable bonds is 3. The molecule has 0 aromatic heterocycles. The Morgan fingerprint density at radius 3 is 2.53 bits per heavy atom. The molecule has 1 aromatic carbocycles. The zero-order valence-corrected chi connectivity index (χ0v) is 10.7. The summed E-state index contributed by atoms with van der Waals surface area (Å²) in [5, 5.41) is 0. The standard InChI is InChI=1S/C15H20O2/c1-11(16)13-8-9-15(17-2)14(10-13)12-6-4-3-5-7-12/h8-10,12H,3-7H2,1-2H3. The average molecular weight is 232 g/mol. The van der Waals surface area contributed by atoms with Crippen LogP contribution in [0.15, 0.2) is 18.2 Å². The molecule has 0 bridgehead atoms. The van der Waals surface area contributed by atoms with Crippen LogP contribution in [0.4, 0.5) is 0 Å². The van der Waals surface area contributed by atoms with Crippen molar-refractivity contribution in [2.24, 2.45) is 0 Å². The fourth-order valence-corrected chi connectivity index (χ4v) is 2.69. The van der Waals surface area contributed by atoms with E-state index in [4.69, 9.17) is 4.74 Å². The molecule has 2 nitrogen and oxygen atoms in total. The molecule has 2 rings (SSSR count). The number of Topliss-reactive ketones (excluding diaryl/α,β-unsaturated/α-hetero) is 1. The molecule has 17 heavy (non-hydrogen) atoms. The maximum Gasteiger partial charge on any atom is 0.159 e. The number of carbonyl (C=O) groups excluding carboxylic acids is 1. The van der Waals surface area contributed by atoms with Gasteiger partial charge in [0.05, 0.1) is 7.11 Å². The quantitative estimate of drug-likeness (QED) is 0.738. The number of benzene rings is 1. The van der Waals surface area contributed by atoms with Crippen LogP contribution < -0.4 is 4.74 Å². The van der Waals surface area contributed by atoms with Crippen molar-refractivity contribution < 1.29 is 9.53 Å². The van der Waals surface area contributed by atoms with Gasteiger partial charge in [-0.1, -0.05) is 19.3 Å². The molecule has 1 saturated carbocycles. The van der Waals surface area contributed by atoms with Crippen molar-refractivity contribution in [3.63, 3.8) is 0 Å². The Hall–Kier alpha value is -1.31. The average Bonchev–Trinajstić information content (AvgIpc) is 2.39. The minimum atomic E-state index is 0.129. The molecule has 0 amide bonds. The fourth-order valence-electron chi connectivity index (χ4n) is 2.69. The molecule has 2 heteroatoms. The van der Waals surface area contributed by atoms with Crippen molar-refractivity contribution in [1.82, 2.24) is 0 Å². The first-order chi connectivity index (χ1) is 8.22. The fraction of sp³-hybridized carbons (Fsp3) is 0.533. The van der Waals surface area contributed by atoms with Crippen LogP contribution in [0.25, 0.3) is 0 Å². The lowest BCUT2D eigenvalue weighted by atomic mass is 9.83. The van der Waals surface area contributed by atoms with Gasteiger partial charge in [0.15, 0.2) is 5.78 Å². The Bertz CT molecular complexity index is 403. The highest BCUT2D eigenvalue weighted by atomic mass is 16.5. The third kappa shape index (κ3) is 2.68. The first-order valence-corrected chi connectivity index (χ1v) is 6.41. The molecular weight excluding hydrogens is 212 g/mol. The van der Waals surface area contributed by atoms with E-state index in [1.165, 1.54) is 37.7 Å². The van der Waals surface area contributed by atoms with Crippen molar-refractivity contribution in [2.75, 3.05) is 7.11 Å². The van der Waals surface area contributed by atoms with Gasteiger partial charge in [0, 0.05) is 5.56 Å². The largest absolute Gasteiger partial charge is 0.496 e. The zero-order chi connectivity index (χ0) is 12.3. The summed E-state index contributed by atoms with van der Waals surface area (Å²) in [6.45, 7) is 1.62. The van der Waals surface area contributed by atoms with Gasteiger partial charge in [-0.2, -0.15) is 0 Å². The van der Waals surface area contributed by atoms with Crippen LogP contribution in [0.5, 0.6) is 5.75 Å². The van der Waals surface area contributed by atoms with Gasteiger partial charge in [0.25, 0.3) is 0 Å². The van der Waals surface area contributed by atoms with Gasteiger partial charge >= 0.3 is 0 Å². The van der Waals surface area contributed by atoms with Crippen molar-refractivity contribution in [3.05, 3.63) is 29.3 Å². The predicted molar refractivity (Wildman–Crippen MR) is 68.8 cm³/mol. The molecule has 92 valence electrons. The molecule has 0 aliphatic heterocycles. The molecule has 0 spiro atoms. The SMILES string of the molecule is COc1ccc(C(C)=O)cc1C1CCCCC1. The van der Waals surface area contributed by atoms with Crippen LogP contribution in [0.2, 0.25) is 0 Å². The first kappa shape index (κ1) is 12.2. The second kappa shape index (κ2) is 5.35. The second-order valence-electron chi connectivity index (χ2n) is 4.85. The smallest absolute Gasteiger partial charge is 0.159 e. The number of carbonyl (C=O) groups is 1. The van der Waals surface area contributed by atoms with Gasteiger partial charge in [0.2, 0.25) is 0 Å². The van der Waals surface area contributed by atoms with E-state index in [2.05, 4.69) is 0 Å². The molecule has 0 saturated heterocycles. The van der Waals surface area contributed by atoms with Crippen molar-refractivity contribution >= 4 is 5.78 Å². The predicted octanol–water partition coefficient (Wildman–Crippen LogP) is 3.95. The molecule has 1 fully saturated rings. The molecule has 0 heterocycles. The Kier molecular flexibility index (Phi) is 3.82. The number of hydrogen-bond acceptors (Lipinski definition) is 2. The maximum absolute atomic E-state index is 11.4. The Labute approximate surface area is 103 Å². The Balaban J connectivity index is 2.34. The van der Waals surface area contributed by atoms with E-state index >= 15 is 0 Å². The van der Waals surface area contributed by atoms with Crippen molar-refractivity contribution in [1.29, 1.82) is 0 Å². The highest BCUT2D eigenvalue weighted by Gasteiger charge is 2.20. The minimum absolute atomic E-state index is 0.129. The van der Waals surface area contributed by atoms with E-state index in [-0.39, 0.29) is 5.78 Å². The summed E-state index contributed by atoms with van der Waals surface area (Å²) < 4.78 is 5.42. The zero-order valence-electron chi connectivity index (χ0n) is 10.7. The summed E-state index contributed by atoms with van der Waals surface area (Å²) in [5.41, 5.74) is 2.02. The molecule has 0 radical (unpaired) electrons. The van der Waals surface area contributed by atoms with Crippen molar-refractivity contribution in [2.45, 2.75) is 44.9 Å². The van der Waals surface area contributed by atoms with E-state index < -0.39 is 0 Å². The third-order valence-electron chi connectivity index (χ3n) is 3.68. The Morgan fingerprint density at radius 1 is 1.24 bits per heavy atom. The van der Waals surface area contributed by atoms with Gasteiger partial charge in [-0.3, -0.25) is 4.79 Å². The highest BCUT2D eigenvalue weighted by molar-refractivity contribution is 5.94. The third-order valence-corrected chi connectivity index (χ3v) is 3.68. The van der Waals surface area contributed by atoms with E-state index in [9.17, 15) is 4.79 Å². The normalized spacial score (nSPS) is 16.8. The molecule has 0 atom stereocenters. The van der Waals surface area contributed by atoms with E-state index in [1.807, 2.05) is 18.2 Å². The molecule has 1 aliphatic carbocycles. The maximum atomic E-state index is 11.4. The second-order valence-corrected chi connectivity index (χ2v) is 4.85. The van der Waals surface area contributed by atoms with Gasteiger partial charge in [-0.05, 0) is 49.4 Å². The van der Waals surface area contributed by atoms with Crippen LogP contribution >= 0.6 is 0 Å². The van der Waals surface area contributed by atoms with E-state index in [0.29, 0.717) is 5.92 Å². The van der Waals surface area contributed by atoms with Crippen LogP contribution in [0.1, 0.15) is 60.9 Å². The van der Waals surface area contributed by atoms with Gasteiger partial charge in [0.1, 0.15) is 5.75 Å². The van der Waals surface area contributed by atoms with E-state index in [0.717, 1.165) is 11.3 Å². The molecule has 0 unspecified atom stereocenters. The molecule has 1 aromatic rings. The lowest BCUT2D eigenvalue weighted by Crippen LogP contribution is -2.07. The van der Waals surface area contributed by atoms with Gasteiger partial charge < -0.3 is 4.74 Å². The van der Waals surface area contributed by atoms with Crippen LogP contribution in [0, 0.1) is 0 Å². The van der Waals surface area contributed by atoms with Gasteiger partial charge in [-0.15, -0.1) is 0 Å². The van der Waals surface area contributed by atoms with Gasteiger partial charge in [-0.25, -0.2) is 0 Å². The van der Waals surface area contributed by atoms with Crippen LogP contribution in [-0.2, 0) is 0 Å². The molecule has 0 N–H and O–H groups in total. The molecular formula is C15H20O2. The van der Waals surface area contributed by atoms with Crippen LogP contribution in [-0.4, -0.2) is 12.9 Å². The number of methoxy groups -OCH3 is 1. The molecule has 1 aliphatic rings. The van der Waals surface area contributed by atoms with Crippen LogP contribution in [0.3, 0.4) is 0 Å². The topological polar surface area (TPSA) is 26.3 Å². The summed E-state index contributed by atoms with van der Waals surface area (Å²) in [7, 11) is 1.70. The lowest BCUT2D eigenvalue weighted by Gasteiger charge is -2.24. The van der Waals surface area contributed by atoms with Crippen molar-refractivity contribution in [3.8, 4) is 5.75 Å². The summed E-state index contributed by atoms with van der Waals surface area (Å²) in [6.07, 6.45) is 6.36. The summed E-state index contributed by atoms with van der Waals surface area (Å²) in [4.78, 5) is 11.4. The lowest BCUT2D eigenvalue weighted by molar-refractivity contribution is 0.101. The summed E-state index contributed by atoms with van der Waals surface area (Å²) in [6, 6.07) is 5.81. The monoisotopic (exact) mass is 232 g/mol. The number of ether oxygens (including phenoxy) is 1. The first-order valence-electron chi connectivity index (χ1n) is 6.41. The summed E-state index contributed by atoms with van der Waals surface area (Å²) in [5.74, 6) is 1.63. The Morgan fingerprint density at radius 2 is 1.94 bits per heavy atom. The van der Waals surface area contributed by atoms with E-state index in [1.54, 1.807) is 14.0 Å².